The summed E-state index contributed by atoms with van der Waals surface area (Å²) in [5, 5.41) is 6.19. The molecule has 1 saturated heterocycles. The third kappa shape index (κ3) is 2.79. The van der Waals surface area contributed by atoms with Crippen LogP contribution >= 0.6 is 0 Å². The number of hydrogen-bond donors (Lipinski definition) is 2. The lowest BCUT2D eigenvalue weighted by atomic mass is 10.1. The van der Waals surface area contributed by atoms with E-state index < -0.39 is 0 Å². The van der Waals surface area contributed by atoms with E-state index in [9.17, 15) is 4.79 Å². The van der Waals surface area contributed by atoms with Crippen LogP contribution in [0.15, 0.2) is 17.1 Å². The summed E-state index contributed by atoms with van der Waals surface area (Å²) in [5.41, 5.74) is 0.342. The van der Waals surface area contributed by atoms with Crippen LogP contribution in [0.5, 0.6) is 0 Å². The Morgan fingerprint density at radius 2 is 2.67 bits per heavy atom. The van der Waals surface area contributed by atoms with E-state index in [1.54, 1.807) is 0 Å². The minimum absolute atomic E-state index is 0.165. The highest BCUT2D eigenvalue weighted by Gasteiger charge is 2.14. The van der Waals surface area contributed by atoms with Gasteiger partial charge in [-0.05, 0) is 25.8 Å². The number of nitrogens with one attached hydrogen (secondary N) is 2. The highest BCUT2D eigenvalue weighted by atomic mass is 16.3. The Bertz CT molecular complexity index is 304. The van der Waals surface area contributed by atoms with Crippen molar-refractivity contribution in [2.45, 2.75) is 25.3 Å². The zero-order valence-electron chi connectivity index (χ0n) is 8.53. The molecule has 0 saturated carbocycles. The Morgan fingerprint density at radius 1 is 1.73 bits per heavy atom. The van der Waals surface area contributed by atoms with E-state index in [1.165, 1.54) is 25.5 Å². The van der Waals surface area contributed by atoms with Gasteiger partial charge in [0.2, 0.25) is 0 Å². The van der Waals surface area contributed by atoms with Crippen molar-refractivity contribution in [3.8, 4) is 0 Å². The van der Waals surface area contributed by atoms with E-state index >= 15 is 0 Å². The Kier molecular flexibility index (Phi) is 3.34. The van der Waals surface area contributed by atoms with Crippen LogP contribution in [0, 0.1) is 0 Å². The largest absolute Gasteiger partial charge is 0.451 e. The van der Waals surface area contributed by atoms with E-state index in [0.29, 0.717) is 18.3 Å². The standard InChI is InChI=1S/C10H15N3O2/c14-10(9-6-15-7-13-9)12-5-3-8-2-1-4-11-8/h6-8,11H,1-5H2,(H,12,14). The average molecular weight is 209 g/mol. The van der Waals surface area contributed by atoms with E-state index in [2.05, 4.69) is 15.6 Å². The molecule has 2 rings (SSSR count). The molecule has 1 unspecified atom stereocenters. The lowest BCUT2D eigenvalue weighted by Gasteiger charge is -2.09. The summed E-state index contributed by atoms with van der Waals surface area (Å²) in [6.45, 7) is 1.78. The molecule has 2 N–H and O–H groups in total. The van der Waals surface area contributed by atoms with E-state index in [-0.39, 0.29) is 5.91 Å². The molecule has 1 aromatic heterocycles. The number of hydrogen-bond acceptors (Lipinski definition) is 4. The van der Waals surface area contributed by atoms with Crippen molar-refractivity contribution < 1.29 is 9.21 Å². The molecule has 5 heteroatoms. The molecule has 1 fully saturated rings. The van der Waals surface area contributed by atoms with Gasteiger partial charge in [0.1, 0.15) is 6.26 Å². The number of nitrogens with zero attached hydrogens (tertiary/aromatic N) is 1. The number of oxazole rings is 1. The van der Waals surface area contributed by atoms with Gasteiger partial charge in [-0.3, -0.25) is 4.79 Å². The first-order chi connectivity index (χ1) is 7.36. The zero-order valence-corrected chi connectivity index (χ0v) is 8.53. The number of carbonyl (C=O) groups excluding carboxylic acids is 1. The lowest BCUT2D eigenvalue weighted by Crippen LogP contribution is -2.30. The van der Waals surface area contributed by atoms with Gasteiger partial charge in [0.15, 0.2) is 12.1 Å². The van der Waals surface area contributed by atoms with Crippen LogP contribution in [0.1, 0.15) is 29.8 Å². The number of rotatable bonds is 4. The van der Waals surface area contributed by atoms with Gasteiger partial charge in [-0.2, -0.15) is 0 Å². The third-order valence-corrected chi connectivity index (χ3v) is 2.61. The summed E-state index contributed by atoms with van der Waals surface area (Å²) in [4.78, 5) is 15.2. The predicted octanol–water partition coefficient (Wildman–Crippen LogP) is 0.546. The SMILES string of the molecule is O=C(NCCC1CCCN1)c1cocn1. The smallest absolute Gasteiger partial charge is 0.273 e. The van der Waals surface area contributed by atoms with Gasteiger partial charge in [-0.25, -0.2) is 4.98 Å². The molecule has 1 amide bonds. The van der Waals surface area contributed by atoms with E-state index in [4.69, 9.17) is 4.42 Å². The Labute approximate surface area is 88.3 Å². The van der Waals surface area contributed by atoms with E-state index in [0.717, 1.165) is 13.0 Å². The van der Waals surface area contributed by atoms with E-state index in [1.807, 2.05) is 0 Å². The van der Waals surface area contributed by atoms with Gasteiger partial charge in [0, 0.05) is 12.6 Å². The highest BCUT2D eigenvalue weighted by Crippen LogP contribution is 2.07. The van der Waals surface area contributed by atoms with Crippen LogP contribution in [-0.4, -0.2) is 30.0 Å². The monoisotopic (exact) mass is 209 g/mol. The summed E-state index contributed by atoms with van der Waals surface area (Å²) < 4.78 is 4.73. The van der Waals surface area contributed by atoms with Crippen LogP contribution in [0.4, 0.5) is 0 Å². The van der Waals surface area contributed by atoms with Crippen molar-refractivity contribution in [1.29, 1.82) is 0 Å². The Morgan fingerprint density at radius 3 is 3.33 bits per heavy atom. The van der Waals surface area contributed by atoms with Gasteiger partial charge >= 0.3 is 0 Å². The molecule has 1 aromatic rings. The summed E-state index contributed by atoms with van der Waals surface area (Å²) in [5.74, 6) is -0.165. The van der Waals surface area contributed by atoms with Crippen molar-refractivity contribution in [3.63, 3.8) is 0 Å². The second-order valence-corrected chi connectivity index (χ2v) is 3.71. The molecule has 0 aliphatic carbocycles. The van der Waals surface area contributed by atoms with Crippen LogP contribution in [0.25, 0.3) is 0 Å². The van der Waals surface area contributed by atoms with Gasteiger partial charge in [0.25, 0.3) is 5.91 Å². The molecule has 1 aliphatic rings. The van der Waals surface area contributed by atoms with Gasteiger partial charge in [-0.1, -0.05) is 0 Å². The van der Waals surface area contributed by atoms with Gasteiger partial charge < -0.3 is 15.1 Å². The molecule has 1 atom stereocenters. The van der Waals surface area contributed by atoms with Crippen LogP contribution < -0.4 is 10.6 Å². The van der Waals surface area contributed by atoms with Crippen molar-refractivity contribution in [2.24, 2.45) is 0 Å². The second-order valence-electron chi connectivity index (χ2n) is 3.71. The Hall–Kier alpha value is -1.36. The van der Waals surface area contributed by atoms with Gasteiger partial charge in [0.05, 0.1) is 0 Å². The minimum Gasteiger partial charge on any atom is -0.451 e. The average Bonchev–Trinajstić information content (AvgIpc) is 2.90. The van der Waals surface area contributed by atoms with Crippen molar-refractivity contribution in [3.05, 3.63) is 18.4 Å². The molecule has 0 bridgehead atoms. The van der Waals surface area contributed by atoms with Gasteiger partial charge in [-0.15, -0.1) is 0 Å². The topological polar surface area (TPSA) is 67.2 Å². The summed E-state index contributed by atoms with van der Waals surface area (Å²) in [6.07, 6.45) is 6.03. The van der Waals surface area contributed by atoms with Crippen LogP contribution in [-0.2, 0) is 0 Å². The molecule has 1 aliphatic heterocycles. The summed E-state index contributed by atoms with van der Waals surface area (Å²) in [6, 6.07) is 0.558. The molecule has 82 valence electrons. The molecule has 0 aromatic carbocycles. The van der Waals surface area contributed by atoms with Crippen LogP contribution in [0.3, 0.4) is 0 Å². The van der Waals surface area contributed by atoms with Crippen molar-refractivity contribution >= 4 is 5.91 Å². The highest BCUT2D eigenvalue weighted by molar-refractivity contribution is 5.91. The summed E-state index contributed by atoms with van der Waals surface area (Å²) >= 11 is 0. The maximum Gasteiger partial charge on any atom is 0.273 e. The lowest BCUT2D eigenvalue weighted by molar-refractivity contribution is 0.0947. The minimum atomic E-state index is -0.165. The first kappa shape index (κ1) is 10.2. The molecule has 0 radical (unpaired) electrons. The van der Waals surface area contributed by atoms with Crippen LogP contribution in [0.2, 0.25) is 0 Å². The maximum absolute atomic E-state index is 11.4. The third-order valence-electron chi connectivity index (χ3n) is 2.61. The summed E-state index contributed by atoms with van der Waals surface area (Å²) in [7, 11) is 0. The second kappa shape index (κ2) is 4.93. The number of carbonyl (C=O) groups is 1. The fraction of sp³-hybridized carbons (Fsp3) is 0.600. The fourth-order valence-electron chi connectivity index (χ4n) is 1.78. The first-order valence-corrected chi connectivity index (χ1v) is 5.26. The quantitative estimate of drug-likeness (QED) is 0.759. The molecular formula is C10H15N3O2. The first-order valence-electron chi connectivity index (χ1n) is 5.26. The predicted molar refractivity (Wildman–Crippen MR) is 54.5 cm³/mol. The Balaban J connectivity index is 1.67. The molecular weight excluding hydrogens is 194 g/mol. The number of aromatic nitrogens is 1. The molecule has 5 nitrogen and oxygen atoms in total. The molecule has 0 spiro atoms. The normalized spacial score (nSPS) is 20.4. The number of amides is 1. The molecule has 2 heterocycles. The van der Waals surface area contributed by atoms with Crippen molar-refractivity contribution in [2.75, 3.05) is 13.1 Å². The zero-order chi connectivity index (χ0) is 10.5. The maximum atomic E-state index is 11.4. The molecule has 15 heavy (non-hydrogen) atoms. The fourth-order valence-corrected chi connectivity index (χ4v) is 1.78. The van der Waals surface area contributed by atoms with Crippen molar-refractivity contribution in [1.82, 2.24) is 15.6 Å².